The van der Waals surface area contributed by atoms with Crippen molar-refractivity contribution in [2.45, 2.75) is 26.3 Å². The monoisotopic (exact) mass is 481 g/mol. The zero-order valence-electron chi connectivity index (χ0n) is 20.0. The normalized spacial score (nSPS) is 13.1. The molecule has 3 aromatic carbocycles. The lowest BCUT2D eigenvalue weighted by Gasteiger charge is -2.16. The molecule has 0 aliphatic carbocycles. The Morgan fingerprint density at radius 1 is 0.944 bits per heavy atom. The average molecular weight is 482 g/mol. The van der Waals surface area contributed by atoms with Crippen LogP contribution in [0.25, 0.3) is 22.3 Å². The Morgan fingerprint density at radius 3 is 2.47 bits per heavy atom. The molecular weight excluding hydrogens is 454 g/mol. The number of carbonyl (C=O) groups is 2. The van der Waals surface area contributed by atoms with Gasteiger partial charge in [0.2, 0.25) is 0 Å². The summed E-state index contributed by atoms with van der Waals surface area (Å²) in [5, 5.41) is 6.20. The molecule has 1 saturated heterocycles. The molecule has 1 aliphatic rings. The van der Waals surface area contributed by atoms with Crippen LogP contribution in [0.4, 0.5) is 10.5 Å². The molecule has 1 aliphatic heterocycles. The molecule has 1 fully saturated rings. The van der Waals surface area contributed by atoms with Gasteiger partial charge in [0, 0.05) is 36.4 Å². The van der Waals surface area contributed by atoms with E-state index in [1.54, 1.807) is 30.0 Å². The highest BCUT2D eigenvalue weighted by molar-refractivity contribution is 6.05. The lowest BCUT2D eigenvalue weighted by molar-refractivity contribution is 0.0951. The van der Waals surface area contributed by atoms with Crippen LogP contribution >= 0.6 is 0 Å². The summed E-state index contributed by atoms with van der Waals surface area (Å²) in [4.78, 5) is 40.4. The largest absolute Gasteiger partial charge is 0.455 e. The number of anilines is 1. The third-order valence-corrected chi connectivity index (χ3v) is 6.45. The Kier molecular flexibility index (Phi) is 6.54. The molecule has 5 rings (SSSR count). The molecule has 0 bridgehead atoms. The van der Waals surface area contributed by atoms with Crippen LogP contribution in [0.3, 0.4) is 0 Å². The molecule has 2 N–H and O–H groups in total. The van der Waals surface area contributed by atoms with E-state index in [2.05, 4.69) is 10.6 Å². The Morgan fingerprint density at radius 2 is 1.69 bits per heavy atom. The number of nitrogens with zero attached hydrogens (tertiary/aromatic N) is 1. The lowest BCUT2D eigenvalue weighted by Crippen LogP contribution is -2.32. The van der Waals surface area contributed by atoms with Crippen molar-refractivity contribution < 1.29 is 14.0 Å². The van der Waals surface area contributed by atoms with Gasteiger partial charge in [0.25, 0.3) is 5.91 Å². The molecule has 0 radical (unpaired) electrons. The van der Waals surface area contributed by atoms with Crippen LogP contribution in [-0.4, -0.2) is 29.9 Å². The Labute approximate surface area is 208 Å². The smallest absolute Gasteiger partial charge is 0.321 e. The van der Waals surface area contributed by atoms with E-state index in [1.165, 1.54) is 0 Å². The molecule has 3 amide bonds. The second-order valence-corrected chi connectivity index (χ2v) is 8.94. The maximum Gasteiger partial charge on any atom is 0.321 e. The number of para-hydroxylation sites is 1. The van der Waals surface area contributed by atoms with Crippen molar-refractivity contribution in [3.8, 4) is 11.3 Å². The molecule has 0 spiro atoms. The fraction of sp³-hybridized carbons (Fsp3) is 0.207. The molecule has 4 aromatic rings. The summed E-state index contributed by atoms with van der Waals surface area (Å²) in [6.45, 7) is 3.53. The standard InChI is InChI=1S/C29H27N3O4/c1-19-25(33)23-13-8-14-24(27(23)36-26(19)21-10-3-2-4-11-21)28(34)30-18-20-9-7-12-22(17-20)31-29(35)32-15-5-6-16-32/h2-4,7-14,17H,5-6,15-16,18H2,1H3,(H,30,34)(H,31,35). The van der Waals surface area contributed by atoms with Gasteiger partial charge in [-0.25, -0.2) is 4.79 Å². The van der Waals surface area contributed by atoms with Crippen LogP contribution in [0, 0.1) is 6.92 Å². The first kappa shape index (κ1) is 23.4. The first-order chi connectivity index (χ1) is 17.5. The van der Waals surface area contributed by atoms with Crippen molar-refractivity contribution in [3.63, 3.8) is 0 Å². The number of amides is 3. The molecule has 1 aromatic heterocycles. The fourth-order valence-electron chi connectivity index (χ4n) is 4.51. The number of benzene rings is 3. The number of hydrogen-bond acceptors (Lipinski definition) is 4. The quantitative estimate of drug-likeness (QED) is 0.403. The predicted molar refractivity (Wildman–Crippen MR) is 140 cm³/mol. The summed E-state index contributed by atoms with van der Waals surface area (Å²) in [6.07, 6.45) is 2.06. The van der Waals surface area contributed by atoms with Gasteiger partial charge in [0.1, 0.15) is 5.76 Å². The Balaban J connectivity index is 1.37. The van der Waals surface area contributed by atoms with E-state index < -0.39 is 0 Å². The molecule has 0 saturated carbocycles. The molecular formula is C29H27N3O4. The number of hydrogen-bond donors (Lipinski definition) is 2. The van der Waals surface area contributed by atoms with Gasteiger partial charge in [-0.15, -0.1) is 0 Å². The first-order valence-electron chi connectivity index (χ1n) is 12.1. The minimum absolute atomic E-state index is 0.107. The number of nitrogens with one attached hydrogen (secondary N) is 2. The van der Waals surface area contributed by atoms with Gasteiger partial charge in [0.05, 0.1) is 10.9 Å². The second-order valence-electron chi connectivity index (χ2n) is 8.94. The zero-order valence-corrected chi connectivity index (χ0v) is 20.0. The van der Waals surface area contributed by atoms with Crippen LogP contribution in [0.2, 0.25) is 0 Å². The van der Waals surface area contributed by atoms with Crippen LogP contribution in [0.15, 0.2) is 82.0 Å². The van der Waals surface area contributed by atoms with Gasteiger partial charge < -0.3 is 20.0 Å². The predicted octanol–water partition coefficient (Wildman–Crippen LogP) is 5.33. The molecule has 182 valence electrons. The van der Waals surface area contributed by atoms with E-state index in [0.29, 0.717) is 28.0 Å². The van der Waals surface area contributed by atoms with Crippen molar-refractivity contribution in [2.24, 2.45) is 0 Å². The topological polar surface area (TPSA) is 91.7 Å². The molecule has 7 nitrogen and oxygen atoms in total. The summed E-state index contributed by atoms with van der Waals surface area (Å²) in [5.41, 5.74) is 3.18. The van der Waals surface area contributed by atoms with Crippen molar-refractivity contribution in [1.29, 1.82) is 0 Å². The average Bonchev–Trinajstić information content (AvgIpc) is 3.45. The number of urea groups is 1. The number of rotatable bonds is 5. The van der Waals surface area contributed by atoms with Gasteiger partial charge in [-0.2, -0.15) is 0 Å². The van der Waals surface area contributed by atoms with Crippen LogP contribution in [-0.2, 0) is 6.54 Å². The van der Waals surface area contributed by atoms with Crippen LogP contribution in [0.1, 0.15) is 34.3 Å². The number of fused-ring (bicyclic) bond motifs is 1. The maximum absolute atomic E-state index is 13.2. The van der Waals surface area contributed by atoms with Gasteiger partial charge in [0.15, 0.2) is 11.0 Å². The highest BCUT2D eigenvalue weighted by Gasteiger charge is 2.19. The summed E-state index contributed by atoms with van der Waals surface area (Å²) in [6, 6.07) is 21.7. The van der Waals surface area contributed by atoms with Gasteiger partial charge >= 0.3 is 6.03 Å². The molecule has 7 heteroatoms. The van der Waals surface area contributed by atoms with Crippen molar-refractivity contribution in [2.75, 3.05) is 18.4 Å². The van der Waals surface area contributed by atoms with Crippen molar-refractivity contribution in [3.05, 3.63) is 99.7 Å². The SMILES string of the molecule is Cc1c(-c2ccccc2)oc2c(C(=O)NCc3cccc(NC(=O)N4CCCC4)c3)cccc2c1=O. The first-order valence-corrected chi connectivity index (χ1v) is 12.1. The van der Waals surface area contributed by atoms with Gasteiger partial charge in [-0.05, 0) is 49.6 Å². The summed E-state index contributed by atoms with van der Waals surface area (Å²) >= 11 is 0. The summed E-state index contributed by atoms with van der Waals surface area (Å²) in [7, 11) is 0. The number of carbonyl (C=O) groups excluding carboxylic acids is 2. The van der Waals surface area contributed by atoms with Crippen molar-refractivity contribution in [1.82, 2.24) is 10.2 Å². The third-order valence-electron chi connectivity index (χ3n) is 6.45. The summed E-state index contributed by atoms with van der Waals surface area (Å²) in [5.74, 6) is 0.105. The third kappa shape index (κ3) is 4.73. The van der Waals surface area contributed by atoms with E-state index in [-0.39, 0.29) is 29.5 Å². The Bertz CT molecular complexity index is 1490. The molecule has 0 unspecified atom stereocenters. The number of likely N-dealkylation sites (tertiary alicyclic amines) is 1. The second kappa shape index (κ2) is 10.1. The lowest BCUT2D eigenvalue weighted by atomic mass is 10.0. The molecule has 2 heterocycles. The maximum atomic E-state index is 13.2. The zero-order chi connectivity index (χ0) is 25.1. The van der Waals surface area contributed by atoms with Crippen molar-refractivity contribution >= 4 is 28.6 Å². The van der Waals surface area contributed by atoms with E-state index in [1.807, 2.05) is 54.6 Å². The van der Waals surface area contributed by atoms with Gasteiger partial charge in [-0.1, -0.05) is 48.5 Å². The van der Waals surface area contributed by atoms with E-state index in [4.69, 9.17) is 4.42 Å². The van der Waals surface area contributed by atoms with Crippen LogP contribution in [0.5, 0.6) is 0 Å². The summed E-state index contributed by atoms with van der Waals surface area (Å²) < 4.78 is 6.16. The van der Waals surface area contributed by atoms with E-state index >= 15 is 0 Å². The van der Waals surface area contributed by atoms with E-state index in [0.717, 1.165) is 37.1 Å². The Hall–Kier alpha value is -4.39. The van der Waals surface area contributed by atoms with E-state index in [9.17, 15) is 14.4 Å². The minimum atomic E-state index is -0.349. The van der Waals surface area contributed by atoms with Gasteiger partial charge in [-0.3, -0.25) is 9.59 Å². The molecule has 36 heavy (non-hydrogen) atoms. The minimum Gasteiger partial charge on any atom is -0.455 e. The van der Waals surface area contributed by atoms with Crippen LogP contribution < -0.4 is 16.1 Å². The highest BCUT2D eigenvalue weighted by Crippen LogP contribution is 2.27. The highest BCUT2D eigenvalue weighted by atomic mass is 16.3. The molecule has 0 atom stereocenters. The fourth-order valence-corrected chi connectivity index (χ4v) is 4.51.